The topological polar surface area (TPSA) is 28.0 Å². The molecule has 0 amide bonds. The summed E-state index contributed by atoms with van der Waals surface area (Å²) < 4.78 is 0. The van der Waals surface area contributed by atoms with Gasteiger partial charge in [-0.05, 0) is 26.2 Å². The van der Waals surface area contributed by atoms with Crippen molar-refractivity contribution in [2.24, 2.45) is 16.3 Å². The Morgan fingerprint density at radius 1 is 1.23 bits per heavy atom. The fourth-order valence-electron chi connectivity index (χ4n) is 1.91. The van der Waals surface area contributed by atoms with Gasteiger partial charge < -0.3 is 0 Å². The van der Waals surface area contributed by atoms with Crippen LogP contribution in [-0.2, 0) is 0 Å². The summed E-state index contributed by atoms with van der Waals surface area (Å²) in [7, 11) is 0. The molecule has 0 saturated carbocycles. The molecule has 0 saturated heterocycles. The third kappa shape index (κ3) is 2.01. The lowest BCUT2D eigenvalue weighted by Gasteiger charge is -2.29. The molecule has 0 aromatic carbocycles. The van der Waals surface area contributed by atoms with Crippen LogP contribution in [0, 0.1) is 5.92 Å². The molecule has 0 aliphatic carbocycles. The van der Waals surface area contributed by atoms with E-state index in [1.807, 2.05) is 0 Å². The first-order chi connectivity index (χ1) is 6.07. The SMILES string of the molecule is CCC1C(C(C)C)N=NN1C(C)C. The van der Waals surface area contributed by atoms with E-state index in [4.69, 9.17) is 0 Å². The molecule has 2 unspecified atom stereocenters. The van der Waals surface area contributed by atoms with E-state index in [0.717, 1.165) is 6.42 Å². The smallest absolute Gasteiger partial charge is 0.0972 e. The van der Waals surface area contributed by atoms with Crippen LogP contribution in [0.5, 0.6) is 0 Å². The Morgan fingerprint density at radius 2 is 1.85 bits per heavy atom. The molecule has 1 aliphatic rings. The molecule has 0 radical (unpaired) electrons. The Balaban J connectivity index is 2.69. The third-order valence-corrected chi connectivity index (χ3v) is 2.65. The number of rotatable bonds is 3. The summed E-state index contributed by atoms with van der Waals surface area (Å²) in [5, 5.41) is 10.7. The van der Waals surface area contributed by atoms with Gasteiger partial charge in [0.1, 0.15) is 0 Å². The van der Waals surface area contributed by atoms with Gasteiger partial charge in [0.2, 0.25) is 0 Å². The minimum absolute atomic E-state index is 0.396. The Morgan fingerprint density at radius 3 is 2.23 bits per heavy atom. The van der Waals surface area contributed by atoms with Gasteiger partial charge in [0.15, 0.2) is 0 Å². The van der Waals surface area contributed by atoms with E-state index in [0.29, 0.717) is 24.0 Å². The molecule has 3 nitrogen and oxygen atoms in total. The highest BCUT2D eigenvalue weighted by Gasteiger charge is 2.34. The van der Waals surface area contributed by atoms with Crippen molar-refractivity contribution >= 4 is 0 Å². The monoisotopic (exact) mass is 183 g/mol. The second-order valence-corrected chi connectivity index (χ2v) is 4.39. The average Bonchev–Trinajstić information content (AvgIpc) is 2.46. The maximum Gasteiger partial charge on any atom is 0.0972 e. The summed E-state index contributed by atoms with van der Waals surface area (Å²) in [6, 6.07) is 1.38. The Bertz CT molecular complexity index is 169. The molecule has 2 atom stereocenters. The zero-order valence-corrected chi connectivity index (χ0v) is 9.36. The van der Waals surface area contributed by atoms with Crippen LogP contribution in [-0.4, -0.2) is 23.1 Å². The predicted octanol–water partition coefficient (Wildman–Crippen LogP) is 2.88. The normalized spacial score (nSPS) is 28.1. The third-order valence-electron chi connectivity index (χ3n) is 2.65. The molecular weight excluding hydrogens is 162 g/mol. The maximum atomic E-state index is 4.34. The zero-order chi connectivity index (χ0) is 10.0. The lowest BCUT2D eigenvalue weighted by Crippen LogP contribution is -2.40. The Kier molecular flexibility index (Phi) is 3.28. The van der Waals surface area contributed by atoms with Crippen molar-refractivity contribution in [2.45, 2.75) is 59.2 Å². The predicted molar refractivity (Wildman–Crippen MR) is 54.5 cm³/mol. The molecule has 0 aromatic rings. The quantitative estimate of drug-likeness (QED) is 0.661. The summed E-state index contributed by atoms with van der Waals surface area (Å²) in [4.78, 5) is 0. The fraction of sp³-hybridized carbons (Fsp3) is 1.00. The first-order valence-corrected chi connectivity index (χ1v) is 5.27. The minimum atomic E-state index is 0.396. The van der Waals surface area contributed by atoms with E-state index in [9.17, 15) is 0 Å². The molecule has 0 fully saturated rings. The minimum Gasteiger partial charge on any atom is -0.271 e. The first kappa shape index (κ1) is 10.5. The van der Waals surface area contributed by atoms with Gasteiger partial charge >= 0.3 is 0 Å². The lowest BCUT2D eigenvalue weighted by molar-refractivity contribution is 0.159. The highest BCUT2D eigenvalue weighted by Crippen LogP contribution is 2.27. The molecule has 0 spiro atoms. The number of nitrogens with zero attached hydrogens (tertiary/aromatic N) is 3. The van der Waals surface area contributed by atoms with Crippen LogP contribution in [0.25, 0.3) is 0 Å². The van der Waals surface area contributed by atoms with Gasteiger partial charge in [-0.1, -0.05) is 26.0 Å². The van der Waals surface area contributed by atoms with Crippen molar-refractivity contribution in [3.8, 4) is 0 Å². The van der Waals surface area contributed by atoms with E-state index in [2.05, 4.69) is 50.0 Å². The Labute approximate surface area is 81.2 Å². The van der Waals surface area contributed by atoms with Crippen molar-refractivity contribution in [3.05, 3.63) is 0 Å². The van der Waals surface area contributed by atoms with Crippen LogP contribution < -0.4 is 0 Å². The van der Waals surface area contributed by atoms with Crippen LogP contribution in [0.2, 0.25) is 0 Å². The molecule has 3 heteroatoms. The molecule has 1 rings (SSSR count). The van der Waals surface area contributed by atoms with Gasteiger partial charge in [-0.2, -0.15) is 5.11 Å². The van der Waals surface area contributed by atoms with Crippen molar-refractivity contribution < 1.29 is 0 Å². The fourth-order valence-corrected chi connectivity index (χ4v) is 1.91. The maximum absolute atomic E-state index is 4.34. The van der Waals surface area contributed by atoms with Crippen LogP contribution in [0.3, 0.4) is 0 Å². The first-order valence-electron chi connectivity index (χ1n) is 5.27. The van der Waals surface area contributed by atoms with Gasteiger partial charge in [-0.3, -0.25) is 5.01 Å². The van der Waals surface area contributed by atoms with Crippen LogP contribution in [0.1, 0.15) is 41.0 Å². The van der Waals surface area contributed by atoms with Gasteiger partial charge in [0.25, 0.3) is 0 Å². The van der Waals surface area contributed by atoms with Crippen LogP contribution >= 0.6 is 0 Å². The summed E-state index contributed by atoms with van der Waals surface area (Å²) in [5.41, 5.74) is 0. The highest BCUT2D eigenvalue weighted by molar-refractivity contribution is 4.88. The van der Waals surface area contributed by atoms with E-state index >= 15 is 0 Å². The van der Waals surface area contributed by atoms with Crippen LogP contribution in [0.4, 0.5) is 0 Å². The molecule has 0 aromatic heterocycles. The molecule has 0 N–H and O–H groups in total. The van der Waals surface area contributed by atoms with Crippen molar-refractivity contribution in [1.29, 1.82) is 0 Å². The zero-order valence-electron chi connectivity index (χ0n) is 9.36. The molecule has 0 bridgehead atoms. The molecular formula is C10H21N3. The van der Waals surface area contributed by atoms with E-state index in [-0.39, 0.29) is 0 Å². The molecule has 76 valence electrons. The van der Waals surface area contributed by atoms with E-state index < -0.39 is 0 Å². The summed E-state index contributed by atoms with van der Waals surface area (Å²) in [5.74, 6) is 0.595. The van der Waals surface area contributed by atoms with Crippen molar-refractivity contribution in [1.82, 2.24) is 5.01 Å². The molecule has 13 heavy (non-hydrogen) atoms. The average molecular weight is 183 g/mol. The second-order valence-electron chi connectivity index (χ2n) is 4.39. The summed E-state index contributed by atoms with van der Waals surface area (Å²) >= 11 is 0. The highest BCUT2D eigenvalue weighted by atomic mass is 15.6. The second kappa shape index (κ2) is 4.07. The largest absolute Gasteiger partial charge is 0.271 e. The van der Waals surface area contributed by atoms with Gasteiger partial charge in [-0.15, -0.1) is 0 Å². The summed E-state index contributed by atoms with van der Waals surface area (Å²) in [6.45, 7) is 11.0. The molecule has 1 aliphatic heterocycles. The standard InChI is InChI=1S/C10H21N3/c1-6-9-10(7(2)3)11-12-13(9)8(4)5/h7-10H,6H2,1-5H3. The lowest BCUT2D eigenvalue weighted by atomic mass is 9.95. The van der Waals surface area contributed by atoms with Crippen LogP contribution in [0.15, 0.2) is 10.3 Å². The van der Waals surface area contributed by atoms with Gasteiger partial charge in [0.05, 0.1) is 12.1 Å². The van der Waals surface area contributed by atoms with Gasteiger partial charge in [0, 0.05) is 6.04 Å². The van der Waals surface area contributed by atoms with E-state index in [1.165, 1.54) is 0 Å². The van der Waals surface area contributed by atoms with E-state index in [1.54, 1.807) is 0 Å². The van der Waals surface area contributed by atoms with Crippen molar-refractivity contribution in [3.63, 3.8) is 0 Å². The van der Waals surface area contributed by atoms with Gasteiger partial charge in [-0.25, -0.2) is 0 Å². The Hall–Kier alpha value is -0.600. The molecule has 1 heterocycles. The number of hydrogen-bond acceptors (Lipinski definition) is 3. The summed E-state index contributed by atoms with van der Waals surface area (Å²) in [6.07, 6.45) is 1.13. The number of hydrogen-bond donors (Lipinski definition) is 0. The van der Waals surface area contributed by atoms with Crippen molar-refractivity contribution in [2.75, 3.05) is 0 Å².